The second kappa shape index (κ2) is 49.0. The van der Waals surface area contributed by atoms with E-state index in [0.29, 0.717) is 19.3 Å². The van der Waals surface area contributed by atoms with Gasteiger partial charge in [-0.15, -0.1) is 0 Å². The van der Waals surface area contributed by atoms with E-state index in [2.05, 4.69) is 118 Å². The van der Waals surface area contributed by atoms with E-state index in [1.807, 2.05) is 0 Å². The van der Waals surface area contributed by atoms with Crippen LogP contribution in [0.1, 0.15) is 213 Å². The van der Waals surface area contributed by atoms with Gasteiger partial charge in [-0.05, 0) is 89.9 Å². The highest BCUT2D eigenvalue weighted by Gasteiger charge is 2.19. The molecule has 0 N–H and O–H groups in total. The first-order valence-electron chi connectivity index (χ1n) is 24.7. The molecule has 6 nitrogen and oxygen atoms in total. The molecule has 1 atom stereocenters. The summed E-state index contributed by atoms with van der Waals surface area (Å²) in [5, 5.41) is 0. The molecule has 0 heterocycles. The molecule has 0 aromatic carbocycles. The van der Waals surface area contributed by atoms with Crippen LogP contribution in [0.3, 0.4) is 0 Å². The van der Waals surface area contributed by atoms with Gasteiger partial charge in [-0.1, -0.05) is 201 Å². The van der Waals surface area contributed by atoms with Gasteiger partial charge in [0.25, 0.3) is 0 Å². The van der Waals surface area contributed by atoms with E-state index >= 15 is 0 Å². The predicted octanol–water partition coefficient (Wildman–Crippen LogP) is 16.2. The molecule has 0 aromatic rings. The van der Waals surface area contributed by atoms with Crippen molar-refractivity contribution in [1.82, 2.24) is 0 Å². The zero-order chi connectivity index (χ0) is 44.4. The predicted molar refractivity (Wildman–Crippen MR) is 260 cm³/mol. The van der Waals surface area contributed by atoms with Gasteiger partial charge in [0.1, 0.15) is 13.2 Å². The molecular formula is C55H90O6. The summed E-state index contributed by atoms with van der Waals surface area (Å²) >= 11 is 0. The molecule has 0 fully saturated rings. The number of carbonyl (C=O) groups excluding carboxylic acids is 3. The third-order valence-electron chi connectivity index (χ3n) is 10.1. The van der Waals surface area contributed by atoms with Crippen LogP contribution in [-0.2, 0) is 28.6 Å². The van der Waals surface area contributed by atoms with E-state index in [1.54, 1.807) is 0 Å². The molecule has 0 spiro atoms. The number of ether oxygens (including phenoxy) is 3. The maximum absolute atomic E-state index is 12.7. The second-order valence-electron chi connectivity index (χ2n) is 16.0. The Morgan fingerprint density at radius 1 is 0.344 bits per heavy atom. The first-order valence-corrected chi connectivity index (χ1v) is 24.7. The summed E-state index contributed by atoms with van der Waals surface area (Å²) in [6, 6.07) is 0. The quantitative estimate of drug-likeness (QED) is 0.0263. The molecule has 0 aliphatic rings. The second-order valence-corrected chi connectivity index (χ2v) is 16.0. The fourth-order valence-corrected chi connectivity index (χ4v) is 6.37. The van der Waals surface area contributed by atoms with E-state index in [1.165, 1.54) is 57.8 Å². The largest absolute Gasteiger partial charge is 0.462 e. The maximum Gasteiger partial charge on any atom is 0.306 e. The summed E-state index contributed by atoms with van der Waals surface area (Å²) in [6.45, 7) is 6.37. The minimum Gasteiger partial charge on any atom is -0.462 e. The molecule has 0 saturated heterocycles. The Labute approximate surface area is 375 Å². The Hall–Kier alpha value is -3.67. The van der Waals surface area contributed by atoms with Crippen molar-refractivity contribution in [2.75, 3.05) is 13.2 Å². The first kappa shape index (κ1) is 57.3. The highest BCUT2D eigenvalue weighted by Crippen LogP contribution is 2.13. The van der Waals surface area contributed by atoms with Crippen molar-refractivity contribution in [3.8, 4) is 0 Å². The van der Waals surface area contributed by atoms with E-state index in [0.717, 1.165) is 109 Å². The molecule has 6 heteroatoms. The molecule has 346 valence electrons. The number of rotatable bonds is 43. The van der Waals surface area contributed by atoms with Crippen LogP contribution < -0.4 is 0 Å². The van der Waals surface area contributed by atoms with Crippen molar-refractivity contribution in [3.05, 3.63) is 97.2 Å². The average Bonchev–Trinajstić information content (AvgIpc) is 3.26. The molecule has 0 bridgehead atoms. The van der Waals surface area contributed by atoms with Gasteiger partial charge < -0.3 is 14.2 Å². The van der Waals surface area contributed by atoms with Gasteiger partial charge in [0.05, 0.1) is 0 Å². The van der Waals surface area contributed by atoms with Gasteiger partial charge in [-0.3, -0.25) is 14.4 Å². The Morgan fingerprint density at radius 2 is 0.689 bits per heavy atom. The van der Waals surface area contributed by atoms with E-state index in [-0.39, 0.29) is 37.5 Å². The van der Waals surface area contributed by atoms with E-state index in [9.17, 15) is 14.4 Å². The molecule has 0 aliphatic carbocycles. The van der Waals surface area contributed by atoms with Crippen molar-refractivity contribution in [2.24, 2.45) is 0 Å². The highest BCUT2D eigenvalue weighted by molar-refractivity contribution is 5.71. The third-order valence-corrected chi connectivity index (χ3v) is 10.1. The fourth-order valence-electron chi connectivity index (χ4n) is 6.37. The molecule has 1 unspecified atom stereocenters. The van der Waals surface area contributed by atoms with Crippen LogP contribution in [0.4, 0.5) is 0 Å². The van der Waals surface area contributed by atoms with Gasteiger partial charge in [-0.25, -0.2) is 0 Å². The normalized spacial score (nSPS) is 12.9. The summed E-state index contributed by atoms with van der Waals surface area (Å²) < 4.78 is 16.7. The van der Waals surface area contributed by atoms with Crippen LogP contribution in [0.5, 0.6) is 0 Å². The van der Waals surface area contributed by atoms with Gasteiger partial charge in [-0.2, -0.15) is 0 Å². The highest BCUT2D eigenvalue weighted by atomic mass is 16.6. The standard InChI is InChI=1S/C55H90O6/c1-4-7-10-13-16-19-22-23-24-25-26-27-28-29-30-31-32-33-34-37-39-42-45-48-54(57)60-51-52(61-55(58)49-46-43-40-36-21-18-15-12-9-6-3)50-59-53(56)47-44-41-38-35-20-17-14-11-8-5-2/h7,10,12,15-16,19,23-24,26-27,29-30,32-33,37,39,52H,4-6,8-9,11,13-14,17-18,20-22,25,28,31,34-36,38,40-51H2,1-3H3/b10-7-,15-12-,19-16-,24-23-,27-26-,30-29-,33-32-,39-37-. The average molecular weight is 847 g/mol. The van der Waals surface area contributed by atoms with Crippen LogP contribution in [0.2, 0.25) is 0 Å². The minimum atomic E-state index is -0.802. The number of carbonyl (C=O) groups is 3. The van der Waals surface area contributed by atoms with Crippen molar-refractivity contribution in [1.29, 1.82) is 0 Å². The maximum atomic E-state index is 12.7. The molecule has 61 heavy (non-hydrogen) atoms. The van der Waals surface area contributed by atoms with Crippen molar-refractivity contribution in [2.45, 2.75) is 219 Å². The summed E-state index contributed by atoms with van der Waals surface area (Å²) in [5.74, 6) is -0.980. The molecule has 0 aliphatic heterocycles. The lowest BCUT2D eigenvalue weighted by Gasteiger charge is -2.18. The number of unbranched alkanes of at least 4 members (excludes halogenated alkanes) is 16. The van der Waals surface area contributed by atoms with Crippen LogP contribution >= 0.6 is 0 Å². The lowest BCUT2D eigenvalue weighted by atomic mass is 10.1. The van der Waals surface area contributed by atoms with Gasteiger partial charge in [0.15, 0.2) is 6.10 Å². The number of hydrogen-bond acceptors (Lipinski definition) is 6. The summed E-state index contributed by atoms with van der Waals surface area (Å²) in [6.07, 6.45) is 64.0. The Kier molecular flexibility index (Phi) is 46.0. The molecule has 0 rings (SSSR count). The smallest absolute Gasteiger partial charge is 0.306 e. The fraction of sp³-hybridized carbons (Fsp3) is 0.655. The zero-order valence-electron chi connectivity index (χ0n) is 39.4. The Balaban J connectivity index is 4.40. The van der Waals surface area contributed by atoms with Crippen molar-refractivity contribution < 1.29 is 28.6 Å². The molecule has 0 amide bonds. The number of allylic oxidation sites excluding steroid dienone is 16. The topological polar surface area (TPSA) is 78.9 Å². The van der Waals surface area contributed by atoms with Crippen LogP contribution in [0.25, 0.3) is 0 Å². The zero-order valence-corrected chi connectivity index (χ0v) is 39.4. The van der Waals surface area contributed by atoms with Crippen LogP contribution in [0.15, 0.2) is 97.2 Å². The molecule has 0 aromatic heterocycles. The lowest BCUT2D eigenvalue weighted by molar-refractivity contribution is -0.167. The summed E-state index contributed by atoms with van der Waals surface area (Å²) in [7, 11) is 0. The van der Waals surface area contributed by atoms with Crippen molar-refractivity contribution >= 4 is 17.9 Å². The van der Waals surface area contributed by atoms with Gasteiger partial charge >= 0.3 is 17.9 Å². The van der Waals surface area contributed by atoms with Crippen molar-refractivity contribution in [3.63, 3.8) is 0 Å². The molecular weight excluding hydrogens is 757 g/mol. The minimum absolute atomic E-state index is 0.0987. The van der Waals surface area contributed by atoms with Gasteiger partial charge in [0.2, 0.25) is 0 Å². The molecule has 0 radical (unpaired) electrons. The first-order chi connectivity index (χ1) is 30.0. The number of hydrogen-bond donors (Lipinski definition) is 0. The van der Waals surface area contributed by atoms with E-state index in [4.69, 9.17) is 14.2 Å². The third kappa shape index (κ3) is 47.2. The Bertz CT molecular complexity index is 1250. The number of esters is 3. The monoisotopic (exact) mass is 847 g/mol. The summed E-state index contributed by atoms with van der Waals surface area (Å²) in [5.41, 5.74) is 0. The lowest BCUT2D eigenvalue weighted by Crippen LogP contribution is -2.30. The summed E-state index contributed by atoms with van der Waals surface area (Å²) in [4.78, 5) is 37.7. The van der Waals surface area contributed by atoms with Crippen LogP contribution in [0, 0.1) is 0 Å². The Morgan fingerprint density at radius 3 is 1.15 bits per heavy atom. The molecule has 0 saturated carbocycles. The van der Waals surface area contributed by atoms with Crippen LogP contribution in [-0.4, -0.2) is 37.2 Å². The van der Waals surface area contributed by atoms with Gasteiger partial charge in [0, 0.05) is 19.3 Å². The SMILES string of the molecule is CC/C=C\C/C=C\C/C=C\C/C=C\C/C=C\C/C=C\C/C=C\CCCC(=O)OCC(COC(=O)CCCCCCCCCCCC)OC(=O)CCCCCCC/C=C\CCC. The van der Waals surface area contributed by atoms with E-state index < -0.39 is 6.10 Å².